The average molecular weight is 578 g/mol. The van der Waals surface area contributed by atoms with Gasteiger partial charge in [0.1, 0.15) is 12.4 Å². The molecule has 0 saturated heterocycles. The first kappa shape index (κ1) is 26.9. The number of hydrogen-bond acceptors (Lipinski definition) is 7. The number of aliphatic carboxylic acids is 1. The fourth-order valence-corrected chi connectivity index (χ4v) is 6.39. The molecule has 0 spiro atoms. The van der Waals surface area contributed by atoms with E-state index in [1.165, 1.54) is 41.7 Å². The van der Waals surface area contributed by atoms with Crippen molar-refractivity contribution in [2.75, 3.05) is 11.1 Å². The molecule has 1 unspecified atom stereocenters. The fraction of sp³-hybridized carbons (Fsp3) is 0.154. The van der Waals surface area contributed by atoms with Crippen molar-refractivity contribution in [1.82, 2.24) is 4.98 Å². The molecule has 4 rings (SSSR count). The van der Waals surface area contributed by atoms with E-state index in [2.05, 4.69) is 10.3 Å². The molecule has 1 aromatic heterocycles. The van der Waals surface area contributed by atoms with E-state index in [0.29, 0.717) is 21.4 Å². The van der Waals surface area contributed by atoms with E-state index in [1.807, 2.05) is 29.6 Å². The zero-order valence-corrected chi connectivity index (χ0v) is 22.4. The number of benzene rings is 3. The summed E-state index contributed by atoms with van der Waals surface area (Å²) >= 11 is 13.6. The number of nitrogens with zero attached hydrogens (tertiary/aromatic N) is 1. The van der Waals surface area contributed by atoms with Gasteiger partial charge in [-0.05, 0) is 65.7 Å². The highest BCUT2D eigenvalue weighted by atomic mass is 35.5. The topological polar surface area (TPSA) is 106 Å². The second-order valence-electron chi connectivity index (χ2n) is 8.20. The number of halogens is 2. The molecule has 1 heterocycles. The van der Waals surface area contributed by atoms with E-state index in [9.17, 15) is 18.3 Å². The van der Waals surface area contributed by atoms with E-state index >= 15 is 0 Å². The third-order valence-corrected chi connectivity index (χ3v) is 8.35. The number of aromatic nitrogens is 1. The molecule has 0 radical (unpaired) electrons. The number of carboxylic acids is 1. The van der Waals surface area contributed by atoms with Gasteiger partial charge in [0, 0.05) is 33.2 Å². The van der Waals surface area contributed by atoms with Crippen LogP contribution >= 0.6 is 34.5 Å². The Hall–Kier alpha value is -3.11. The second kappa shape index (κ2) is 12.0. The van der Waals surface area contributed by atoms with Gasteiger partial charge in [-0.3, -0.25) is 4.79 Å². The van der Waals surface area contributed by atoms with E-state index < -0.39 is 27.5 Å². The molecule has 37 heavy (non-hydrogen) atoms. The van der Waals surface area contributed by atoms with Crippen LogP contribution in [-0.2, 0) is 21.2 Å². The van der Waals surface area contributed by atoms with Gasteiger partial charge >= 0.3 is 5.97 Å². The first-order chi connectivity index (χ1) is 17.7. The molecule has 0 aliphatic rings. The minimum atomic E-state index is -3.81. The van der Waals surface area contributed by atoms with Crippen LogP contribution in [0.15, 0.2) is 83.2 Å². The maximum Gasteiger partial charge on any atom is 0.303 e. The maximum absolute atomic E-state index is 13.1. The molecule has 4 aromatic rings. The van der Waals surface area contributed by atoms with Gasteiger partial charge in [0.15, 0.2) is 15.0 Å². The lowest BCUT2D eigenvalue weighted by atomic mass is 9.98. The fourth-order valence-electron chi connectivity index (χ4n) is 3.71. The third kappa shape index (κ3) is 7.69. The van der Waals surface area contributed by atoms with E-state index in [4.69, 9.17) is 27.9 Å². The largest absolute Gasteiger partial charge is 0.489 e. The van der Waals surface area contributed by atoms with Gasteiger partial charge in [0.2, 0.25) is 0 Å². The van der Waals surface area contributed by atoms with Gasteiger partial charge < -0.3 is 15.2 Å². The molecule has 1 atom stereocenters. The van der Waals surface area contributed by atoms with Crippen LogP contribution in [0.2, 0.25) is 10.0 Å². The van der Waals surface area contributed by atoms with Crippen LogP contribution in [-0.4, -0.2) is 30.2 Å². The summed E-state index contributed by atoms with van der Waals surface area (Å²) in [6.07, 6.45) is 1.34. The summed E-state index contributed by atoms with van der Waals surface area (Å²) in [7, 11) is -3.81. The van der Waals surface area contributed by atoms with Crippen molar-refractivity contribution in [3.8, 4) is 5.75 Å². The Labute approximate surface area is 228 Å². The number of hydrogen-bond donors (Lipinski definition) is 2. The van der Waals surface area contributed by atoms with Gasteiger partial charge in [0.05, 0.1) is 17.1 Å². The Kier molecular flexibility index (Phi) is 8.71. The van der Waals surface area contributed by atoms with Gasteiger partial charge in [-0.15, -0.1) is 11.3 Å². The Morgan fingerprint density at radius 3 is 2.43 bits per heavy atom. The highest BCUT2D eigenvalue weighted by Gasteiger charge is 2.25. The van der Waals surface area contributed by atoms with Gasteiger partial charge in [-0.1, -0.05) is 35.3 Å². The summed E-state index contributed by atoms with van der Waals surface area (Å²) in [4.78, 5) is 15.7. The van der Waals surface area contributed by atoms with Gasteiger partial charge in [-0.2, -0.15) is 0 Å². The summed E-state index contributed by atoms with van der Waals surface area (Å²) < 4.78 is 32.1. The molecule has 3 aromatic carbocycles. The van der Waals surface area contributed by atoms with Crippen LogP contribution in [0, 0.1) is 0 Å². The molecule has 0 saturated carbocycles. The third-order valence-electron chi connectivity index (χ3n) is 5.40. The highest BCUT2D eigenvalue weighted by molar-refractivity contribution is 7.91. The van der Waals surface area contributed by atoms with Gasteiger partial charge in [0.25, 0.3) is 0 Å². The molecule has 2 N–H and O–H groups in total. The molecular formula is C26H22Cl2N2O5S2. The number of thiazole rings is 1. The molecular weight excluding hydrogens is 555 g/mol. The summed E-state index contributed by atoms with van der Waals surface area (Å²) in [5.74, 6) is -1.85. The Bertz CT molecular complexity index is 1460. The summed E-state index contributed by atoms with van der Waals surface area (Å²) in [6.45, 7) is 0.287. The lowest BCUT2D eigenvalue weighted by molar-refractivity contribution is -0.137. The number of carbonyl (C=O) groups is 1. The van der Waals surface area contributed by atoms with Crippen LogP contribution in [0.3, 0.4) is 0 Å². The quantitative estimate of drug-likeness (QED) is 0.202. The van der Waals surface area contributed by atoms with Crippen LogP contribution < -0.4 is 10.1 Å². The van der Waals surface area contributed by atoms with Crippen molar-refractivity contribution in [3.05, 3.63) is 99.5 Å². The van der Waals surface area contributed by atoms with Crippen molar-refractivity contribution in [2.45, 2.75) is 23.8 Å². The molecule has 192 valence electrons. The molecule has 0 aliphatic heterocycles. The van der Waals surface area contributed by atoms with Crippen molar-refractivity contribution in [2.24, 2.45) is 0 Å². The standard InChI is InChI=1S/C26H22Cl2N2O5S2/c27-20-11-18(12-21(28)14-20)19(13-25(31)32)16-37(33,34)24-6-4-23(5-7-24)35-15-17-2-1-3-22(10-17)30-26-29-8-9-36-26/h1-12,14,19H,13,15-16H2,(H,29,30)(H,31,32). The zero-order valence-electron chi connectivity index (χ0n) is 19.3. The predicted octanol–water partition coefficient (Wildman–Crippen LogP) is 6.80. The first-order valence-electron chi connectivity index (χ1n) is 11.1. The van der Waals surface area contributed by atoms with Crippen LogP contribution in [0.5, 0.6) is 5.75 Å². The average Bonchev–Trinajstić information content (AvgIpc) is 3.35. The predicted molar refractivity (Wildman–Crippen MR) is 146 cm³/mol. The van der Waals surface area contributed by atoms with Gasteiger partial charge in [-0.25, -0.2) is 13.4 Å². The van der Waals surface area contributed by atoms with Crippen molar-refractivity contribution < 1.29 is 23.1 Å². The Balaban J connectivity index is 1.43. The lowest BCUT2D eigenvalue weighted by Gasteiger charge is -2.17. The van der Waals surface area contributed by atoms with Crippen LogP contribution in [0.1, 0.15) is 23.5 Å². The zero-order chi connectivity index (χ0) is 26.4. The molecule has 0 amide bonds. The molecule has 0 fully saturated rings. The number of rotatable bonds is 11. The SMILES string of the molecule is O=C(O)CC(CS(=O)(=O)c1ccc(OCc2cccc(Nc3nccs3)c2)cc1)c1cc(Cl)cc(Cl)c1. The van der Waals surface area contributed by atoms with Crippen LogP contribution in [0.25, 0.3) is 0 Å². The normalized spacial score (nSPS) is 12.2. The Morgan fingerprint density at radius 1 is 1.05 bits per heavy atom. The smallest absolute Gasteiger partial charge is 0.303 e. The summed E-state index contributed by atoms with van der Waals surface area (Å²) in [6, 6.07) is 18.4. The highest BCUT2D eigenvalue weighted by Crippen LogP contribution is 2.30. The van der Waals surface area contributed by atoms with E-state index in [-0.39, 0.29) is 17.9 Å². The molecule has 0 bridgehead atoms. The van der Waals surface area contributed by atoms with Crippen molar-refractivity contribution in [3.63, 3.8) is 0 Å². The molecule has 7 nitrogen and oxygen atoms in total. The number of sulfone groups is 1. The summed E-state index contributed by atoms with van der Waals surface area (Å²) in [5.41, 5.74) is 2.26. The lowest BCUT2D eigenvalue weighted by Crippen LogP contribution is -2.18. The first-order valence-corrected chi connectivity index (χ1v) is 14.4. The second-order valence-corrected chi connectivity index (χ2v) is 12.0. The molecule has 11 heteroatoms. The monoisotopic (exact) mass is 576 g/mol. The number of carboxylic acid groups (broad SMARTS) is 1. The Morgan fingerprint density at radius 2 is 1.78 bits per heavy atom. The summed E-state index contributed by atoms with van der Waals surface area (Å²) in [5, 5.41) is 15.9. The number of ether oxygens (including phenoxy) is 1. The van der Waals surface area contributed by atoms with Crippen molar-refractivity contribution in [1.29, 1.82) is 0 Å². The minimum absolute atomic E-state index is 0.0676. The minimum Gasteiger partial charge on any atom is -0.489 e. The van der Waals surface area contributed by atoms with E-state index in [0.717, 1.165) is 16.4 Å². The number of nitrogens with one attached hydrogen (secondary N) is 1. The molecule has 0 aliphatic carbocycles. The number of anilines is 2. The van der Waals surface area contributed by atoms with E-state index in [1.54, 1.807) is 18.3 Å². The van der Waals surface area contributed by atoms with Crippen molar-refractivity contribution >= 4 is 61.2 Å². The maximum atomic E-state index is 13.1. The van der Waals surface area contributed by atoms with Crippen LogP contribution in [0.4, 0.5) is 10.8 Å².